The highest BCUT2D eigenvalue weighted by Gasteiger charge is 2.13. The molecule has 0 aliphatic rings. The molecule has 1 amide bonds. The third kappa shape index (κ3) is 4.65. The van der Waals surface area contributed by atoms with E-state index in [9.17, 15) is 4.79 Å². The first-order valence-electron chi connectivity index (χ1n) is 9.13. The van der Waals surface area contributed by atoms with Gasteiger partial charge in [-0.25, -0.2) is 9.97 Å². The van der Waals surface area contributed by atoms with Crippen LogP contribution in [0.2, 0.25) is 0 Å². The molecule has 0 bridgehead atoms. The first-order chi connectivity index (χ1) is 13.5. The van der Waals surface area contributed by atoms with Crippen LogP contribution in [0.4, 0.5) is 17.3 Å². The van der Waals surface area contributed by atoms with E-state index < -0.39 is 0 Å². The number of carbonyl (C=O) groups is 1. The number of para-hydroxylation sites is 1. The second-order valence-electron chi connectivity index (χ2n) is 6.77. The number of nitrogens with zero attached hydrogens (tertiary/aromatic N) is 2. The molecule has 0 atom stereocenters. The molecule has 3 rings (SSSR count). The lowest BCUT2D eigenvalue weighted by Gasteiger charge is -2.14. The first-order valence-corrected chi connectivity index (χ1v) is 9.13. The largest absolute Gasteiger partial charge is 0.497 e. The average Bonchev–Trinajstić information content (AvgIpc) is 2.68. The van der Waals surface area contributed by atoms with E-state index in [2.05, 4.69) is 40.5 Å². The lowest BCUT2D eigenvalue weighted by molar-refractivity contribution is 0.102. The lowest BCUT2D eigenvalue weighted by atomic mass is 10.0. The van der Waals surface area contributed by atoms with Crippen molar-refractivity contribution in [1.82, 2.24) is 9.97 Å². The van der Waals surface area contributed by atoms with Crippen LogP contribution in [-0.2, 0) is 0 Å². The van der Waals surface area contributed by atoms with Crippen molar-refractivity contribution in [3.63, 3.8) is 0 Å². The molecule has 6 nitrogen and oxygen atoms in total. The van der Waals surface area contributed by atoms with Crippen LogP contribution in [-0.4, -0.2) is 23.0 Å². The number of amides is 1. The summed E-state index contributed by atoms with van der Waals surface area (Å²) in [6.07, 6.45) is 0. The number of hydrogen-bond donors (Lipinski definition) is 2. The summed E-state index contributed by atoms with van der Waals surface area (Å²) in [4.78, 5) is 21.5. The standard InChI is InChI=1S/C22H24N4O2/c1-14(2)18-10-5-6-11-19(18)25-22-23-15(3)12-20(26-22)21(27)24-16-8-7-9-17(13-16)28-4/h5-14H,1-4H3,(H,24,27)(H,23,25,26). The Balaban J connectivity index is 1.84. The van der Waals surface area contributed by atoms with E-state index in [4.69, 9.17) is 4.74 Å². The first kappa shape index (κ1) is 19.4. The summed E-state index contributed by atoms with van der Waals surface area (Å²) < 4.78 is 5.19. The van der Waals surface area contributed by atoms with Crippen LogP contribution in [0.1, 0.15) is 41.5 Å². The second kappa shape index (κ2) is 8.52. The van der Waals surface area contributed by atoms with E-state index in [-0.39, 0.29) is 5.91 Å². The highest BCUT2D eigenvalue weighted by molar-refractivity contribution is 6.03. The fraction of sp³-hybridized carbons (Fsp3) is 0.227. The maximum Gasteiger partial charge on any atom is 0.274 e. The predicted molar refractivity (Wildman–Crippen MR) is 112 cm³/mol. The van der Waals surface area contributed by atoms with Gasteiger partial charge in [-0.05, 0) is 42.7 Å². The quantitative estimate of drug-likeness (QED) is 0.639. The van der Waals surface area contributed by atoms with Gasteiger partial charge in [-0.15, -0.1) is 0 Å². The number of nitrogens with one attached hydrogen (secondary N) is 2. The van der Waals surface area contributed by atoms with Crippen LogP contribution in [0, 0.1) is 6.92 Å². The maximum absolute atomic E-state index is 12.7. The van der Waals surface area contributed by atoms with Crippen molar-refractivity contribution >= 4 is 23.2 Å². The van der Waals surface area contributed by atoms with Crippen LogP contribution >= 0.6 is 0 Å². The molecule has 0 aliphatic heterocycles. The van der Waals surface area contributed by atoms with Crippen molar-refractivity contribution in [1.29, 1.82) is 0 Å². The minimum Gasteiger partial charge on any atom is -0.497 e. The molecule has 0 spiro atoms. The Morgan fingerprint density at radius 2 is 1.82 bits per heavy atom. The van der Waals surface area contributed by atoms with Gasteiger partial charge in [-0.2, -0.15) is 0 Å². The van der Waals surface area contributed by atoms with Crippen LogP contribution in [0.3, 0.4) is 0 Å². The summed E-state index contributed by atoms with van der Waals surface area (Å²) >= 11 is 0. The summed E-state index contributed by atoms with van der Waals surface area (Å²) in [7, 11) is 1.58. The fourth-order valence-corrected chi connectivity index (χ4v) is 2.87. The number of ether oxygens (including phenoxy) is 1. The Labute approximate surface area is 165 Å². The Bertz CT molecular complexity index is 986. The number of rotatable bonds is 6. The van der Waals surface area contributed by atoms with E-state index in [1.54, 1.807) is 25.3 Å². The summed E-state index contributed by atoms with van der Waals surface area (Å²) in [6, 6.07) is 16.9. The minimum atomic E-state index is -0.307. The molecule has 2 N–H and O–H groups in total. The van der Waals surface area contributed by atoms with Crippen LogP contribution < -0.4 is 15.4 Å². The van der Waals surface area contributed by atoms with Gasteiger partial charge in [-0.1, -0.05) is 38.1 Å². The van der Waals surface area contributed by atoms with E-state index in [0.717, 1.165) is 11.3 Å². The Morgan fingerprint density at radius 1 is 1.04 bits per heavy atom. The number of aryl methyl sites for hydroxylation is 1. The normalized spacial score (nSPS) is 10.6. The van der Waals surface area contributed by atoms with Crippen LogP contribution in [0.15, 0.2) is 54.6 Å². The number of hydrogen-bond acceptors (Lipinski definition) is 5. The molecule has 3 aromatic rings. The summed E-state index contributed by atoms with van der Waals surface area (Å²) in [5, 5.41) is 6.09. The number of methoxy groups -OCH3 is 1. The van der Waals surface area contributed by atoms with Crippen molar-refractivity contribution in [2.75, 3.05) is 17.7 Å². The van der Waals surface area contributed by atoms with Crippen LogP contribution in [0.25, 0.3) is 0 Å². The van der Waals surface area contributed by atoms with Gasteiger partial charge in [0.1, 0.15) is 11.4 Å². The van der Waals surface area contributed by atoms with Gasteiger partial charge >= 0.3 is 0 Å². The molecule has 0 fully saturated rings. The van der Waals surface area contributed by atoms with E-state index in [0.29, 0.717) is 34.7 Å². The molecule has 144 valence electrons. The smallest absolute Gasteiger partial charge is 0.274 e. The third-order valence-corrected chi connectivity index (χ3v) is 4.24. The van der Waals surface area contributed by atoms with Crippen molar-refractivity contribution in [2.24, 2.45) is 0 Å². The van der Waals surface area contributed by atoms with Gasteiger partial charge < -0.3 is 15.4 Å². The zero-order chi connectivity index (χ0) is 20.1. The monoisotopic (exact) mass is 376 g/mol. The molecule has 0 unspecified atom stereocenters. The number of aromatic nitrogens is 2. The number of carbonyl (C=O) groups excluding carboxylic acids is 1. The molecule has 2 aromatic carbocycles. The summed E-state index contributed by atoms with van der Waals surface area (Å²) in [5.41, 5.74) is 3.73. The molecule has 0 saturated heterocycles. The number of benzene rings is 2. The molecule has 1 aromatic heterocycles. The Hall–Kier alpha value is -3.41. The van der Waals surface area contributed by atoms with Gasteiger partial charge in [0, 0.05) is 23.1 Å². The van der Waals surface area contributed by atoms with Gasteiger partial charge in [-0.3, -0.25) is 4.79 Å². The molecule has 0 radical (unpaired) electrons. The van der Waals surface area contributed by atoms with Crippen molar-refractivity contribution in [2.45, 2.75) is 26.7 Å². The molecule has 0 aliphatic carbocycles. The third-order valence-electron chi connectivity index (χ3n) is 4.24. The molecular weight excluding hydrogens is 352 g/mol. The molecular formula is C22H24N4O2. The SMILES string of the molecule is COc1cccc(NC(=O)c2cc(C)nc(Nc3ccccc3C(C)C)n2)c1. The predicted octanol–water partition coefficient (Wildman–Crippen LogP) is 4.91. The average molecular weight is 376 g/mol. The van der Waals surface area contributed by atoms with Gasteiger partial charge in [0.25, 0.3) is 5.91 Å². The van der Waals surface area contributed by atoms with E-state index in [1.165, 1.54) is 0 Å². The van der Waals surface area contributed by atoms with E-state index >= 15 is 0 Å². The summed E-state index contributed by atoms with van der Waals surface area (Å²) in [5.74, 6) is 1.11. The molecule has 0 saturated carbocycles. The lowest BCUT2D eigenvalue weighted by Crippen LogP contribution is -2.15. The topological polar surface area (TPSA) is 76.1 Å². The highest BCUT2D eigenvalue weighted by atomic mass is 16.5. The van der Waals surface area contributed by atoms with Gasteiger partial charge in [0.05, 0.1) is 7.11 Å². The van der Waals surface area contributed by atoms with Gasteiger partial charge in [0.2, 0.25) is 5.95 Å². The van der Waals surface area contributed by atoms with Crippen molar-refractivity contribution in [3.8, 4) is 5.75 Å². The van der Waals surface area contributed by atoms with Crippen molar-refractivity contribution in [3.05, 3.63) is 71.5 Å². The summed E-state index contributed by atoms with van der Waals surface area (Å²) in [6.45, 7) is 6.10. The van der Waals surface area contributed by atoms with E-state index in [1.807, 2.05) is 37.3 Å². The zero-order valence-corrected chi connectivity index (χ0v) is 16.5. The maximum atomic E-state index is 12.7. The Kier molecular flexibility index (Phi) is 5.89. The molecule has 6 heteroatoms. The Morgan fingerprint density at radius 3 is 2.57 bits per heavy atom. The van der Waals surface area contributed by atoms with Gasteiger partial charge in [0.15, 0.2) is 0 Å². The van der Waals surface area contributed by atoms with Crippen LogP contribution in [0.5, 0.6) is 5.75 Å². The molecule has 1 heterocycles. The minimum absolute atomic E-state index is 0.292. The van der Waals surface area contributed by atoms with Crippen molar-refractivity contribution < 1.29 is 9.53 Å². The second-order valence-corrected chi connectivity index (χ2v) is 6.77. The fourth-order valence-electron chi connectivity index (χ4n) is 2.87. The number of anilines is 3. The zero-order valence-electron chi connectivity index (χ0n) is 16.5. The molecule has 28 heavy (non-hydrogen) atoms. The highest BCUT2D eigenvalue weighted by Crippen LogP contribution is 2.26.